The molecule has 0 aromatic heterocycles. The molecule has 0 aromatic rings. The first-order valence-corrected chi connectivity index (χ1v) is 4.11. The Hall–Kier alpha value is -1.19. The van der Waals surface area contributed by atoms with E-state index in [2.05, 4.69) is 10.5 Å². The van der Waals surface area contributed by atoms with Crippen LogP contribution in [0.3, 0.4) is 0 Å². The van der Waals surface area contributed by atoms with Crippen molar-refractivity contribution in [2.75, 3.05) is 0 Å². The molecule has 1 amide bonds. The maximum Gasteiger partial charge on any atom is 0.245 e. The number of nitrogens with one attached hydrogen (secondary N) is 1. The fourth-order valence-corrected chi connectivity index (χ4v) is 1.06. The van der Waals surface area contributed by atoms with Gasteiger partial charge in [0.1, 0.15) is 5.78 Å². The molecule has 0 bridgehead atoms. The van der Waals surface area contributed by atoms with Crippen LogP contribution < -0.4 is 5.43 Å². The van der Waals surface area contributed by atoms with Crippen LogP contribution in [-0.2, 0) is 9.59 Å². The summed E-state index contributed by atoms with van der Waals surface area (Å²) in [6, 6.07) is 0. The Morgan fingerprint density at radius 3 is 2.08 bits per heavy atom. The first kappa shape index (κ1) is 8.90. The summed E-state index contributed by atoms with van der Waals surface area (Å²) in [5, 5.41) is 3.44. The highest BCUT2D eigenvalue weighted by Crippen LogP contribution is 2.11. The van der Waals surface area contributed by atoms with Crippen LogP contribution in [0.4, 0.5) is 0 Å². The van der Waals surface area contributed by atoms with Gasteiger partial charge in [0.05, 0.1) is 6.42 Å². The van der Waals surface area contributed by atoms with Gasteiger partial charge in [-0.15, -0.1) is 0 Å². The molecule has 1 N–H and O–H groups in total. The summed E-state index contributed by atoms with van der Waals surface area (Å²) in [5.41, 5.74) is 2.25. The van der Waals surface area contributed by atoms with E-state index in [1.54, 1.807) is 6.21 Å². The third-order valence-corrected chi connectivity index (χ3v) is 1.72. The maximum absolute atomic E-state index is 10.2. The Morgan fingerprint density at radius 2 is 1.92 bits per heavy atom. The van der Waals surface area contributed by atoms with Crippen molar-refractivity contribution in [3.8, 4) is 0 Å². The monoisotopic (exact) mass is 168 g/mol. The smallest absolute Gasteiger partial charge is 0.245 e. The van der Waals surface area contributed by atoms with Gasteiger partial charge in [-0.1, -0.05) is 0 Å². The van der Waals surface area contributed by atoms with E-state index in [-0.39, 0.29) is 5.91 Å². The summed E-state index contributed by atoms with van der Waals surface area (Å²) < 4.78 is 0. The van der Waals surface area contributed by atoms with Crippen molar-refractivity contribution in [1.82, 2.24) is 5.43 Å². The van der Waals surface area contributed by atoms with Gasteiger partial charge in [0.2, 0.25) is 5.91 Å². The SMILES string of the molecule is O=C1CC=NN1.O=C1CCCC1. The Bertz CT molecular complexity index is 191. The molecule has 4 heteroatoms. The lowest BCUT2D eigenvalue weighted by Gasteiger charge is -1.77. The molecule has 1 aliphatic carbocycles. The van der Waals surface area contributed by atoms with Crippen molar-refractivity contribution in [3.05, 3.63) is 0 Å². The molecule has 2 rings (SSSR count). The maximum atomic E-state index is 10.2. The number of rotatable bonds is 0. The van der Waals surface area contributed by atoms with Gasteiger partial charge in [0.15, 0.2) is 0 Å². The van der Waals surface area contributed by atoms with Gasteiger partial charge >= 0.3 is 0 Å². The van der Waals surface area contributed by atoms with E-state index in [1.807, 2.05) is 0 Å². The van der Waals surface area contributed by atoms with E-state index in [0.29, 0.717) is 12.2 Å². The van der Waals surface area contributed by atoms with E-state index in [9.17, 15) is 9.59 Å². The topological polar surface area (TPSA) is 58.5 Å². The summed E-state index contributed by atoms with van der Waals surface area (Å²) in [5.74, 6) is 0.435. The van der Waals surface area contributed by atoms with Gasteiger partial charge in [-0.3, -0.25) is 9.59 Å². The van der Waals surface area contributed by atoms with Gasteiger partial charge < -0.3 is 0 Å². The number of nitrogens with zero attached hydrogens (tertiary/aromatic N) is 1. The molecule has 0 aromatic carbocycles. The van der Waals surface area contributed by atoms with Crippen molar-refractivity contribution in [3.63, 3.8) is 0 Å². The van der Waals surface area contributed by atoms with E-state index in [0.717, 1.165) is 25.7 Å². The zero-order valence-corrected chi connectivity index (χ0v) is 6.88. The van der Waals surface area contributed by atoms with Crippen LogP contribution in [0.15, 0.2) is 5.10 Å². The average Bonchev–Trinajstić information content (AvgIpc) is 2.63. The standard InChI is InChI=1S/C5H8O.C3H4N2O/c6-5-3-1-2-4-5;6-3-1-2-4-5-3/h1-4H2;2H,1H2,(H,5,6). The van der Waals surface area contributed by atoms with Crippen molar-refractivity contribution in [1.29, 1.82) is 0 Å². The summed E-state index contributed by atoms with van der Waals surface area (Å²) in [6.45, 7) is 0. The molecule has 1 heterocycles. The van der Waals surface area contributed by atoms with Crippen molar-refractivity contribution in [2.45, 2.75) is 32.1 Å². The van der Waals surface area contributed by atoms with Crippen LogP contribution in [0.5, 0.6) is 0 Å². The van der Waals surface area contributed by atoms with Gasteiger partial charge in [-0.2, -0.15) is 5.10 Å². The van der Waals surface area contributed by atoms with Crippen LogP contribution in [0.2, 0.25) is 0 Å². The van der Waals surface area contributed by atoms with Gasteiger partial charge in [0, 0.05) is 19.1 Å². The zero-order valence-electron chi connectivity index (χ0n) is 6.88. The highest BCUT2D eigenvalue weighted by atomic mass is 16.2. The molecule has 1 fully saturated rings. The van der Waals surface area contributed by atoms with E-state index in [4.69, 9.17) is 0 Å². The lowest BCUT2D eigenvalue weighted by atomic mass is 10.4. The molecule has 1 saturated carbocycles. The van der Waals surface area contributed by atoms with Crippen LogP contribution in [0.1, 0.15) is 32.1 Å². The number of amides is 1. The summed E-state index contributed by atoms with van der Waals surface area (Å²) >= 11 is 0. The normalized spacial score (nSPS) is 20.3. The molecule has 66 valence electrons. The van der Waals surface area contributed by atoms with Crippen LogP contribution in [-0.4, -0.2) is 17.9 Å². The molecule has 12 heavy (non-hydrogen) atoms. The second-order valence-electron chi connectivity index (χ2n) is 2.80. The third-order valence-electron chi connectivity index (χ3n) is 1.72. The number of hydrazone groups is 1. The fraction of sp³-hybridized carbons (Fsp3) is 0.625. The molecule has 0 spiro atoms. The molecular formula is C8H12N2O2. The minimum absolute atomic E-state index is 0.0185. The average molecular weight is 168 g/mol. The minimum Gasteiger partial charge on any atom is -0.300 e. The molecule has 1 aliphatic heterocycles. The summed E-state index contributed by atoms with van der Waals surface area (Å²) in [6.07, 6.45) is 5.96. The molecule has 0 saturated heterocycles. The summed E-state index contributed by atoms with van der Waals surface area (Å²) in [7, 11) is 0. The van der Waals surface area contributed by atoms with E-state index < -0.39 is 0 Å². The number of hydrogen-bond donors (Lipinski definition) is 1. The van der Waals surface area contributed by atoms with Gasteiger partial charge in [-0.25, -0.2) is 5.43 Å². The first-order valence-electron chi connectivity index (χ1n) is 4.11. The molecule has 0 radical (unpaired) electrons. The van der Waals surface area contributed by atoms with Gasteiger partial charge in [-0.05, 0) is 12.8 Å². The highest BCUT2D eigenvalue weighted by molar-refractivity contribution is 5.93. The highest BCUT2D eigenvalue weighted by Gasteiger charge is 2.07. The minimum atomic E-state index is -0.0185. The second kappa shape index (κ2) is 4.64. The Labute approximate surface area is 71.0 Å². The quantitative estimate of drug-likeness (QED) is 0.576. The fourth-order valence-electron chi connectivity index (χ4n) is 1.06. The second-order valence-corrected chi connectivity index (χ2v) is 2.80. The van der Waals surface area contributed by atoms with E-state index in [1.165, 1.54) is 0 Å². The van der Waals surface area contributed by atoms with Crippen LogP contribution >= 0.6 is 0 Å². The van der Waals surface area contributed by atoms with Crippen molar-refractivity contribution in [2.24, 2.45) is 5.10 Å². The van der Waals surface area contributed by atoms with Crippen LogP contribution in [0, 0.1) is 0 Å². The Kier molecular flexibility index (Phi) is 3.44. The zero-order chi connectivity index (χ0) is 8.81. The molecule has 0 unspecified atom stereocenters. The first-order chi connectivity index (χ1) is 5.79. The van der Waals surface area contributed by atoms with Crippen molar-refractivity contribution < 1.29 is 9.59 Å². The largest absolute Gasteiger partial charge is 0.300 e. The molecular weight excluding hydrogens is 156 g/mol. The van der Waals surface area contributed by atoms with Gasteiger partial charge in [0.25, 0.3) is 0 Å². The van der Waals surface area contributed by atoms with Crippen LogP contribution in [0.25, 0.3) is 0 Å². The number of Topliss-reactive ketones (excluding diaryl/α,β-unsaturated/α-hetero) is 1. The number of carbonyl (C=O) groups is 2. The Morgan fingerprint density at radius 1 is 1.25 bits per heavy atom. The molecule has 2 aliphatic rings. The van der Waals surface area contributed by atoms with Crippen molar-refractivity contribution >= 4 is 17.9 Å². The summed E-state index contributed by atoms with van der Waals surface area (Å²) in [4.78, 5) is 20.2. The van der Waals surface area contributed by atoms with E-state index >= 15 is 0 Å². The lowest BCUT2D eigenvalue weighted by Crippen LogP contribution is -2.08. The predicted octanol–water partition coefficient (Wildman–Crippen LogP) is 0.622. The molecule has 4 nitrogen and oxygen atoms in total. The lowest BCUT2D eigenvalue weighted by molar-refractivity contribution is -0.119. The number of hydrogen-bond acceptors (Lipinski definition) is 3. The number of ketones is 1. The third kappa shape index (κ3) is 3.27. The molecule has 0 atom stereocenters. The predicted molar refractivity (Wildman–Crippen MR) is 44.7 cm³/mol. The Balaban J connectivity index is 0.000000120. The number of carbonyl (C=O) groups excluding carboxylic acids is 2.